The third-order valence-electron chi connectivity index (χ3n) is 4.28. The quantitative estimate of drug-likeness (QED) is 0.920. The summed E-state index contributed by atoms with van der Waals surface area (Å²) in [7, 11) is 0. The van der Waals surface area contributed by atoms with Gasteiger partial charge in [-0.15, -0.1) is 0 Å². The number of benzene rings is 1. The van der Waals surface area contributed by atoms with Crippen molar-refractivity contribution < 1.29 is 0 Å². The van der Waals surface area contributed by atoms with E-state index in [1.807, 2.05) is 6.20 Å². The topological polar surface area (TPSA) is 29.9 Å². The van der Waals surface area contributed by atoms with Crippen molar-refractivity contribution in [1.82, 2.24) is 15.1 Å². The number of rotatable bonds is 4. The summed E-state index contributed by atoms with van der Waals surface area (Å²) in [6.45, 7) is 3.24. The second-order valence-electron chi connectivity index (χ2n) is 5.56. The van der Waals surface area contributed by atoms with Crippen molar-refractivity contribution in [3.8, 4) is 5.69 Å². The Morgan fingerprint density at radius 1 is 1.15 bits per heavy atom. The van der Waals surface area contributed by atoms with Crippen molar-refractivity contribution in [2.75, 3.05) is 6.54 Å². The molecule has 0 bridgehead atoms. The van der Waals surface area contributed by atoms with Gasteiger partial charge in [-0.1, -0.05) is 38.0 Å². The lowest BCUT2D eigenvalue weighted by molar-refractivity contribution is 0.324. The van der Waals surface area contributed by atoms with Crippen molar-refractivity contribution in [1.29, 1.82) is 0 Å². The van der Waals surface area contributed by atoms with Crippen molar-refractivity contribution in [2.24, 2.45) is 0 Å². The molecule has 0 amide bonds. The van der Waals surface area contributed by atoms with Gasteiger partial charge in [0.05, 0.1) is 5.69 Å². The maximum Gasteiger partial charge on any atom is 0.0648 e. The van der Waals surface area contributed by atoms with Gasteiger partial charge in [0.25, 0.3) is 0 Å². The first-order valence-electron chi connectivity index (χ1n) is 7.73. The number of nitrogens with one attached hydrogen (secondary N) is 1. The molecule has 0 aliphatic heterocycles. The van der Waals surface area contributed by atoms with Crippen molar-refractivity contribution >= 4 is 0 Å². The summed E-state index contributed by atoms with van der Waals surface area (Å²) in [4.78, 5) is 0. The Balaban J connectivity index is 1.92. The van der Waals surface area contributed by atoms with Crippen molar-refractivity contribution in [2.45, 2.75) is 44.6 Å². The lowest BCUT2D eigenvalue weighted by atomic mass is 9.82. The van der Waals surface area contributed by atoms with Crippen LogP contribution in [0.2, 0.25) is 0 Å². The van der Waals surface area contributed by atoms with E-state index in [1.54, 1.807) is 0 Å². The molecule has 0 spiro atoms. The lowest BCUT2D eigenvalue weighted by Gasteiger charge is -2.32. The van der Waals surface area contributed by atoms with Gasteiger partial charge in [-0.25, -0.2) is 4.68 Å². The number of hydrogen-bond donors (Lipinski definition) is 1. The summed E-state index contributed by atoms with van der Waals surface area (Å²) in [5.74, 6) is 0.575. The third-order valence-corrected chi connectivity index (χ3v) is 4.28. The second kappa shape index (κ2) is 6.23. The number of para-hydroxylation sites is 1. The number of aromatic nitrogens is 2. The highest BCUT2D eigenvalue weighted by atomic mass is 15.3. The van der Waals surface area contributed by atoms with Crippen LogP contribution in [0, 0.1) is 0 Å². The Kier molecular flexibility index (Phi) is 4.16. The first kappa shape index (κ1) is 13.4. The minimum absolute atomic E-state index is 0.575. The van der Waals surface area contributed by atoms with Crippen LogP contribution < -0.4 is 5.32 Å². The first-order valence-corrected chi connectivity index (χ1v) is 7.73. The Hall–Kier alpha value is -1.61. The summed E-state index contributed by atoms with van der Waals surface area (Å²) < 4.78 is 2.11. The fourth-order valence-corrected chi connectivity index (χ4v) is 3.37. The van der Waals surface area contributed by atoms with Crippen LogP contribution in [0.15, 0.2) is 42.6 Å². The fraction of sp³-hybridized carbons (Fsp3) is 0.471. The number of nitrogens with zero attached hydrogens (tertiary/aromatic N) is 2. The van der Waals surface area contributed by atoms with E-state index in [0.717, 1.165) is 12.2 Å². The molecule has 3 nitrogen and oxygen atoms in total. The van der Waals surface area contributed by atoms with E-state index >= 15 is 0 Å². The van der Waals surface area contributed by atoms with E-state index < -0.39 is 0 Å². The van der Waals surface area contributed by atoms with Crippen LogP contribution in [-0.2, 0) is 0 Å². The molecule has 2 unspecified atom stereocenters. The predicted octanol–water partition coefficient (Wildman–Crippen LogP) is 3.51. The smallest absolute Gasteiger partial charge is 0.0648 e. The van der Waals surface area contributed by atoms with Crippen LogP contribution in [0.1, 0.15) is 44.2 Å². The monoisotopic (exact) mass is 269 g/mol. The normalized spacial score (nSPS) is 22.9. The third kappa shape index (κ3) is 2.63. The minimum Gasteiger partial charge on any atom is -0.314 e. The van der Waals surface area contributed by atoms with Gasteiger partial charge < -0.3 is 5.32 Å². The maximum atomic E-state index is 4.55. The highest BCUT2D eigenvalue weighted by molar-refractivity contribution is 5.33. The van der Waals surface area contributed by atoms with E-state index in [-0.39, 0.29) is 0 Å². The lowest BCUT2D eigenvalue weighted by Crippen LogP contribution is -2.37. The molecule has 1 aromatic heterocycles. The van der Waals surface area contributed by atoms with E-state index in [4.69, 9.17) is 0 Å². The number of likely N-dealkylation sites (N-methyl/N-ethyl adjacent to an activating group) is 1. The highest BCUT2D eigenvalue weighted by Crippen LogP contribution is 2.33. The van der Waals surface area contributed by atoms with Gasteiger partial charge in [0.2, 0.25) is 0 Å². The zero-order valence-electron chi connectivity index (χ0n) is 12.1. The molecule has 1 saturated carbocycles. The minimum atomic E-state index is 0.575. The molecule has 2 aromatic rings. The van der Waals surface area contributed by atoms with Gasteiger partial charge in [-0.05, 0) is 37.6 Å². The SMILES string of the molecule is CCNC1CCCCC1c1ccnn1-c1ccccc1. The Labute approximate surface area is 121 Å². The second-order valence-corrected chi connectivity index (χ2v) is 5.56. The number of hydrogen-bond acceptors (Lipinski definition) is 2. The summed E-state index contributed by atoms with van der Waals surface area (Å²) in [5.41, 5.74) is 2.51. The molecule has 1 N–H and O–H groups in total. The average Bonchev–Trinajstić information content (AvgIpc) is 2.98. The van der Waals surface area contributed by atoms with Gasteiger partial charge in [0, 0.05) is 23.9 Å². The Bertz CT molecular complexity index is 530. The molecule has 3 rings (SSSR count). The molecule has 1 heterocycles. The maximum absolute atomic E-state index is 4.55. The molecule has 1 aromatic carbocycles. The molecule has 1 aliphatic rings. The highest BCUT2D eigenvalue weighted by Gasteiger charge is 2.28. The van der Waals surface area contributed by atoms with E-state index in [0.29, 0.717) is 12.0 Å². The molecular formula is C17H23N3. The van der Waals surface area contributed by atoms with Crippen molar-refractivity contribution in [3.63, 3.8) is 0 Å². The van der Waals surface area contributed by atoms with Gasteiger partial charge in [-0.2, -0.15) is 5.10 Å². The van der Waals surface area contributed by atoms with Crippen LogP contribution in [-0.4, -0.2) is 22.4 Å². The molecule has 2 atom stereocenters. The van der Waals surface area contributed by atoms with Crippen LogP contribution in [0.4, 0.5) is 0 Å². The summed E-state index contributed by atoms with van der Waals surface area (Å²) >= 11 is 0. The summed E-state index contributed by atoms with van der Waals surface area (Å²) in [6, 6.07) is 13.2. The van der Waals surface area contributed by atoms with E-state index in [9.17, 15) is 0 Å². The fourth-order valence-electron chi connectivity index (χ4n) is 3.37. The predicted molar refractivity (Wildman–Crippen MR) is 82.2 cm³/mol. The zero-order chi connectivity index (χ0) is 13.8. The largest absolute Gasteiger partial charge is 0.314 e. The molecular weight excluding hydrogens is 246 g/mol. The Morgan fingerprint density at radius 2 is 1.95 bits per heavy atom. The summed E-state index contributed by atoms with van der Waals surface area (Å²) in [6.07, 6.45) is 7.13. The molecule has 0 radical (unpaired) electrons. The van der Waals surface area contributed by atoms with Crippen LogP contribution in [0.5, 0.6) is 0 Å². The molecule has 3 heteroatoms. The van der Waals surface area contributed by atoms with Gasteiger partial charge >= 0.3 is 0 Å². The van der Waals surface area contributed by atoms with Gasteiger partial charge in [0.15, 0.2) is 0 Å². The van der Waals surface area contributed by atoms with Crippen LogP contribution in [0.25, 0.3) is 5.69 Å². The Morgan fingerprint density at radius 3 is 2.75 bits per heavy atom. The first-order chi connectivity index (χ1) is 9.90. The van der Waals surface area contributed by atoms with E-state index in [1.165, 1.54) is 31.4 Å². The molecule has 1 aliphatic carbocycles. The molecule has 20 heavy (non-hydrogen) atoms. The standard InChI is InChI=1S/C17H23N3/c1-2-18-16-11-7-6-10-15(16)17-12-13-19-20(17)14-8-4-3-5-9-14/h3-5,8-9,12-13,15-16,18H,2,6-7,10-11H2,1H3. The zero-order valence-corrected chi connectivity index (χ0v) is 12.1. The van der Waals surface area contributed by atoms with Gasteiger partial charge in [0.1, 0.15) is 0 Å². The van der Waals surface area contributed by atoms with Gasteiger partial charge in [-0.3, -0.25) is 0 Å². The van der Waals surface area contributed by atoms with Crippen molar-refractivity contribution in [3.05, 3.63) is 48.3 Å². The van der Waals surface area contributed by atoms with E-state index in [2.05, 4.69) is 58.4 Å². The van der Waals surface area contributed by atoms with Crippen LogP contribution in [0.3, 0.4) is 0 Å². The molecule has 0 saturated heterocycles. The average molecular weight is 269 g/mol. The molecule has 106 valence electrons. The molecule has 1 fully saturated rings. The van der Waals surface area contributed by atoms with Crippen LogP contribution >= 0.6 is 0 Å². The summed E-state index contributed by atoms with van der Waals surface area (Å²) in [5, 5.41) is 8.21.